The van der Waals surface area contributed by atoms with E-state index in [4.69, 9.17) is 21.3 Å². The molecule has 1 aliphatic rings. The molecule has 234 valence electrons. The summed E-state index contributed by atoms with van der Waals surface area (Å²) in [5, 5.41) is 6.75. The molecule has 2 aromatic carbocycles. The minimum Gasteiger partial charge on any atom is -0.465 e. The van der Waals surface area contributed by atoms with E-state index in [0.717, 1.165) is 30.5 Å². The number of fused-ring (bicyclic) bond motifs is 1. The van der Waals surface area contributed by atoms with Gasteiger partial charge >= 0.3 is 0 Å². The molecule has 0 amide bonds. The normalized spacial score (nSPS) is 15.8. The van der Waals surface area contributed by atoms with Gasteiger partial charge < -0.3 is 10.1 Å². The Hall–Kier alpha value is -2.00. The van der Waals surface area contributed by atoms with Gasteiger partial charge in [-0.3, -0.25) is 0 Å². The number of hydrogen-bond donors (Lipinski definition) is 1. The molecule has 0 bridgehead atoms. The molecule has 0 spiro atoms. The molecule has 1 N–H and O–H groups in total. The van der Waals surface area contributed by atoms with E-state index >= 15 is 0 Å². The van der Waals surface area contributed by atoms with Crippen LogP contribution < -0.4 is 5.32 Å². The van der Waals surface area contributed by atoms with Crippen LogP contribution in [0.4, 0.5) is 0 Å². The number of rotatable bonds is 11. The van der Waals surface area contributed by atoms with Crippen molar-refractivity contribution in [2.45, 2.75) is 134 Å². The Morgan fingerprint density at radius 2 is 1.56 bits per heavy atom. The third kappa shape index (κ3) is 12.8. The zero-order valence-electron chi connectivity index (χ0n) is 28.7. The fourth-order valence-corrected chi connectivity index (χ4v) is 5.45. The molecular weight excluding hydrogens is 524 g/mol. The van der Waals surface area contributed by atoms with Gasteiger partial charge in [-0.15, -0.1) is 0 Å². The molecule has 2 aromatic rings. The van der Waals surface area contributed by atoms with Crippen molar-refractivity contribution in [3.8, 4) is 0 Å². The van der Waals surface area contributed by atoms with E-state index in [9.17, 15) is 0 Å². The largest absolute Gasteiger partial charge is 0.465 e. The third-order valence-corrected chi connectivity index (χ3v) is 7.93. The molecule has 1 aliphatic heterocycles. The van der Waals surface area contributed by atoms with E-state index in [1.54, 1.807) is 0 Å². The highest BCUT2D eigenvalue weighted by Crippen LogP contribution is 2.28. The minimum absolute atomic E-state index is 0.284. The van der Waals surface area contributed by atoms with Gasteiger partial charge in [0.15, 0.2) is 0 Å². The average Bonchev–Trinajstić information content (AvgIpc) is 2.99. The maximum atomic E-state index is 6.21. The van der Waals surface area contributed by atoms with E-state index in [-0.39, 0.29) is 6.04 Å². The van der Waals surface area contributed by atoms with Gasteiger partial charge in [0.2, 0.25) is 0 Å². The predicted molar refractivity (Wildman–Crippen MR) is 186 cm³/mol. The second-order valence-corrected chi connectivity index (χ2v) is 11.2. The predicted octanol–water partition coefficient (Wildman–Crippen LogP) is 12.2. The lowest BCUT2D eigenvalue weighted by Crippen LogP contribution is -2.37. The van der Waals surface area contributed by atoms with Crippen molar-refractivity contribution < 1.29 is 4.74 Å². The van der Waals surface area contributed by atoms with Gasteiger partial charge in [-0.25, -0.2) is 4.99 Å². The number of halogens is 1. The van der Waals surface area contributed by atoms with E-state index in [0.29, 0.717) is 17.8 Å². The molecule has 0 fully saturated rings. The Morgan fingerprint density at radius 1 is 0.927 bits per heavy atom. The summed E-state index contributed by atoms with van der Waals surface area (Å²) in [4.78, 5) is 4.90. The zero-order chi connectivity index (χ0) is 31.4. The fourth-order valence-electron chi connectivity index (χ4n) is 5.12. The second-order valence-electron chi connectivity index (χ2n) is 10.8. The van der Waals surface area contributed by atoms with Gasteiger partial charge in [0.05, 0.1) is 12.6 Å². The van der Waals surface area contributed by atoms with Crippen LogP contribution in [0.2, 0.25) is 5.02 Å². The average molecular weight is 587 g/mol. The highest BCUT2D eigenvalue weighted by Gasteiger charge is 2.26. The van der Waals surface area contributed by atoms with Crippen molar-refractivity contribution in [1.82, 2.24) is 5.32 Å². The molecule has 0 saturated heterocycles. The summed E-state index contributed by atoms with van der Waals surface area (Å²) in [5.74, 6) is 1.81. The van der Waals surface area contributed by atoms with Crippen molar-refractivity contribution in [3.63, 3.8) is 0 Å². The Bertz CT molecular complexity index is 990. The maximum Gasteiger partial charge on any atom is 0.289 e. The Kier molecular flexibility index (Phi) is 21.5. The number of allylic oxidation sites excluding steroid dienone is 1. The van der Waals surface area contributed by atoms with E-state index < -0.39 is 0 Å². The third-order valence-electron chi connectivity index (χ3n) is 7.62. The Balaban J connectivity index is 0.000000825. The fraction of sp³-hybridized carbons (Fsp3) is 0.649. The van der Waals surface area contributed by atoms with Gasteiger partial charge in [0, 0.05) is 16.1 Å². The van der Waals surface area contributed by atoms with Gasteiger partial charge in [-0.05, 0) is 66.5 Å². The standard InChI is InChI=1S/C22H42N2O.C11H9Cl.2C2H6/c1-8-12-14-18(17(7)10-3)15-25-22-23-20(11-4)19(13-9-2)21(24-22)16(5)6;1-8-4-2-5-9-6-3-7-10(12)11(8)9;2*1-2/h16-18,20H,8-15H2,1-7H3,(H,23,24);2-7H,1H3;2*1-2H3. The molecule has 0 aliphatic carbocycles. The smallest absolute Gasteiger partial charge is 0.289 e. The lowest BCUT2D eigenvalue weighted by Gasteiger charge is -2.31. The lowest BCUT2D eigenvalue weighted by atomic mass is 9.88. The van der Waals surface area contributed by atoms with Crippen LogP contribution in [0.3, 0.4) is 0 Å². The number of unbranched alkanes of at least 4 members (excludes halogenated alkanes) is 1. The van der Waals surface area contributed by atoms with E-state index in [1.165, 1.54) is 59.7 Å². The van der Waals surface area contributed by atoms with Crippen LogP contribution >= 0.6 is 11.6 Å². The van der Waals surface area contributed by atoms with Crippen LogP contribution in [0.5, 0.6) is 0 Å². The maximum absolute atomic E-state index is 6.21. The SMILES string of the molecule is CC.CC.CCCCC(COC1=NC(CC)C(CCC)=C(C(C)C)N1)C(C)CC.Cc1cccc2cccc(Cl)c12. The molecule has 3 atom stereocenters. The lowest BCUT2D eigenvalue weighted by molar-refractivity contribution is 0.170. The number of ether oxygens (including phenoxy) is 1. The van der Waals surface area contributed by atoms with Crippen LogP contribution in [0, 0.1) is 24.7 Å². The number of aliphatic imine (C=N–C) groups is 1. The first-order valence-electron chi connectivity index (χ1n) is 16.6. The summed E-state index contributed by atoms with van der Waals surface area (Å²) >= 11 is 6.06. The first-order valence-corrected chi connectivity index (χ1v) is 17.0. The molecule has 3 nitrogen and oxygen atoms in total. The number of benzene rings is 2. The number of aryl methyl sites for hydroxylation is 1. The summed E-state index contributed by atoms with van der Waals surface area (Å²) in [6.45, 7) is 26.8. The van der Waals surface area contributed by atoms with Crippen LogP contribution in [-0.2, 0) is 4.74 Å². The molecule has 4 heteroatoms. The Labute approximate surface area is 259 Å². The molecular formula is C37H63ClN2O. The highest BCUT2D eigenvalue weighted by atomic mass is 35.5. The first-order chi connectivity index (χ1) is 19.8. The first kappa shape index (κ1) is 39.0. The van der Waals surface area contributed by atoms with Crippen LogP contribution in [-0.4, -0.2) is 18.7 Å². The van der Waals surface area contributed by atoms with Gasteiger partial charge in [-0.1, -0.05) is 144 Å². The topological polar surface area (TPSA) is 33.6 Å². The summed E-state index contributed by atoms with van der Waals surface area (Å²) in [7, 11) is 0. The van der Waals surface area contributed by atoms with Gasteiger partial charge in [-0.2, -0.15) is 0 Å². The summed E-state index contributed by atoms with van der Waals surface area (Å²) in [5.41, 5.74) is 4.06. The Morgan fingerprint density at radius 3 is 2.07 bits per heavy atom. The molecule has 0 saturated carbocycles. The van der Waals surface area contributed by atoms with Crippen LogP contribution in [0.25, 0.3) is 10.8 Å². The quantitative estimate of drug-likeness (QED) is 0.284. The van der Waals surface area contributed by atoms with Gasteiger partial charge in [0.1, 0.15) is 0 Å². The number of nitrogens with one attached hydrogen (secondary N) is 1. The zero-order valence-corrected chi connectivity index (χ0v) is 29.4. The van der Waals surface area contributed by atoms with Crippen molar-refractivity contribution in [1.29, 1.82) is 0 Å². The molecule has 3 unspecified atom stereocenters. The monoisotopic (exact) mass is 586 g/mol. The van der Waals surface area contributed by atoms with E-state index in [1.807, 2.05) is 45.9 Å². The van der Waals surface area contributed by atoms with Crippen molar-refractivity contribution >= 4 is 28.4 Å². The van der Waals surface area contributed by atoms with Crippen molar-refractivity contribution in [3.05, 3.63) is 58.3 Å². The van der Waals surface area contributed by atoms with Gasteiger partial charge in [0.25, 0.3) is 6.02 Å². The van der Waals surface area contributed by atoms with Crippen molar-refractivity contribution in [2.75, 3.05) is 6.61 Å². The molecule has 0 radical (unpaired) electrons. The number of nitrogens with zero attached hydrogens (tertiary/aromatic N) is 1. The van der Waals surface area contributed by atoms with Crippen LogP contribution in [0.15, 0.2) is 52.7 Å². The van der Waals surface area contributed by atoms with Crippen LogP contribution in [0.1, 0.15) is 127 Å². The second kappa shape index (κ2) is 22.6. The summed E-state index contributed by atoms with van der Waals surface area (Å²) < 4.78 is 6.21. The number of hydrogen-bond acceptors (Lipinski definition) is 3. The molecule has 41 heavy (non-hydrogen) atoms. The minimum atomic E-state index is 0.284. The number of amidine groups is 1. The summed E-state index contributed by atoms with van der Waals surface area (Å²) in [6.07, 6.45) is 8.35. The highest BCUT2D eigenvalue weighted by molar-refractivity contribution is 6.35. The molecule has 3 rings (SSSR count). The molecule has 0 aromatic heterocycles. The van der Waals surface area contributed by atoms with E-state index in [2.05, 4.69) is 78.9 Å². The molecule has 1 heterocycles. The summed E-state index contributed by atoms with van der Waals surface area (Å²) in [6, 6.07) is 13.2. The van der Waals surface area contributed by atoms with Crippen molar-refractivity contribution in [2.24, 2.45) is 22.7 Å².